The number of halogens is 4. The fraction of sp³-hybridized carbons (Fsp3) is 0.217. The second-order valence-corrected chi connectivity index (χ2v) is 7.59. The minimum Gasteiger partial charge on any atom is -0.497 e. The van der Waals surface area contributed by atoms with E-state index in [4.69, 9.17) is 16.3 Å². The molecule has 156 valence electrons. The molecule has 0 radical (unpaired) electrons. The van der Waals surface area contributed by atoms with Crippen LogP contribution in [0.5, 0.6) is 5.75 Å². The number of benzene rings is 3. The van der Waals surface area contributed by atoms with Crippen molar-refractivity contribution in [3.8, 4) is 5.75 Å². The smallest absolute Gasteiger partial charge is 0.415 e. The number of hydrogen-bond acceptors (Lipinski definition) is 3. The normalized spacial score (nSPS) is 18.8. The summed E-state index contributed by atoms with van der Waals surface area (Å²) >= 11 is 6.16. The molecule has 0 unspecified atom stereocenters. The summed E-state index contributed by atoms with van der Waals surface area (Å²) in [6, 6.07) is 20.1. The van der Waals surface area contributed by atoms with Crippen molar-refractivity contribution in [1.82, 2.24) is 5.32 Å². The number of fused-ring (bicyclic) bond motifs is 1. The molecule has 1 aliphatic heterocycles. The van der Waals surface area contributed by atoms with E-state index < -0.39 is 11.7 Å². The number of ether oxygens (including phenoxy) is 1. The highest BCUT2D eigenvalue weighted by Crippen LogP contribution is 2.50. The number of hydrogen-bond donors (Lipinski definition) is 1. The maximum atomic E-state index is 14.6. The van der Waals surface area contributed by atoms with E-state index in [2.05, 4.69) is 5.32 Å². The third kappa shape index (κ3) is 3.50. The van der Waals surface area contributed by atoms with Crippen LogP contribution < -0.4 is 15.0 Å². The summed E-state index contributed by atoms with van der Waals surface area (Å²) in [4.78, 5) is 1.88. The molecule has 4 rings (SSSR count). The van der Waals surface area contributed by atoms with Crippen molar-refractivity contribution >= 4 is 17.3 Å². The summed E-state index contributed by atoms with van der Waals surface area (Å²) in [6.45, 7) is 0.462. The zero-order valence-electron chi connectivity index (χ0n) is 16.2. The molecule has 7 heteroatoms. The Labute approximate surface area is 178 Å². The third-order valence-corrected chi connectivity index (χ3v) is 5.64. The van der Waals surface area contributed by atoms with E-state index in [0.717, 1.165) is 11.3 Å². The Bertz CT molecular complexity index is 1020. The highest BCUT2D eigenvalue weighted by molar-refractivity contribution is 6.30. The number of nitrogens with zero attached hydrogens (tertiary/aromatic N) is 1. The van der Waals surface area contributed by atoms with Crippen molar-refractivity contribution in [2.75, 3.05) is 18.7 Å². The number of anilines is 1. The molecular weight excluding hydrogens is 413 g/mol. The molecule has 1 atom stereocenters. The van der Waals surface area contributed by atoms with Crippen LogP contribution in [0, 0.1) is 0 Å². The molecule has 0 amide bonds. The lowest BCUT2D eigenvalue weighted by molar-refractivity contribution is -0.188. The average molecular weight is 433 g/mol. The molecule has 0 bridgehead atoms. The maximum Gasteiger partial charge on any atom is 0.415 e. The lowest BCUT2D eigenvalue weighted by Gasteiger charge is -2.46. The average Bonchev–Trinajstić information content (AvgIpc) is 2.74. The fourth-order valence-corrected chi connectivity index (χ4v) is 4.11. The Kier molecular flexibility index (Phi) is 5.38. The molecule has 0 saturated heterocycles. The van der Waals surface area contributed by atoms with E-state index in [-0.39, 0.29) is 22.8 Å². The minimum atomic E-state index is -4.57. The first kappa shape index (κ1) is 20.6. The zero-order valence-corrected chi connectivity index (χ0v) is 17.0. The summed E-state index contributed by atoms with van der Waals surface area (Å²) in [5, 5.41) is 3.04. The number of alkyl halides is 3. The van der Waals surface area contributed by atoms with Crippen molar-refractivity contribution in [3.63, 3.8) is 0 Å². The van der Waals surface area contributed by atoms with E-state index in [1.165, 1.54) is 18.2 Å². The second-order valence-electron chi connectivity index (χ2n) is 7.16. The van der Waals surface area contributed by atoms with Crippen LogP contribution in [0.25, 0.3) is 0 Å². The van der Waals surface area contributed by atoms with Crippen LogP contribution in [0.4, 0.5) is 18.9 Å². The molecule has 1 aliphatic rings. The minimum absolute atomic E-state index is 0.0229. The van der Waals surface area contributed by atoms with E-state index >= 15 is 0 Å². The maximum absolute atomic E-state index is 14.6. The van der Waals surface area contributed by atoms with Gasteiger partial charge in [-0.15, -0.1) is 0 Å². The Morgan fingerprint density at radius 1 is 1.03 bits per heavy atom. The molecule has 3 nitrogen and oxygen atoms in total. The highest BCUT2D eigenvalue weighted by Gasteiger charge is 2.59. The van der Waals surface area contributed by atoms with E-state index in [0.29, 0.717) is 12.2 Å². The quantitative estimate of drug-likeness (QED) is 0.570. The Morgan fingerprint density at radius 2 is 1.73 bits per heavy atom. The monoisotopic (exact) mass is 432 g/mol. The molecule has 3 aromatic rings. The van der Waals surface area contributed by atoms with Gasteiger partial charge in [-0.25, -0.2) is 0 Å². The predicted octanol–water partition coefficient (Wildman–Crippen LogP) is 5.72. The lowest BCUT2D eigenvalue weighted by atomic mass is 9.79. The van der Waals surface area contributed by atoms with Crippen LogP contribution in [0.3, 0.4) is 0 Å². The molecule has 1 N–H and O–H groups in total. The predicted molar refractivity (Wildman–Crippen MR) is 112 cm³/mol. The zero-order chi connectivity index (χ0) is 21.4. The van der Waals surface area contributed by atoms with Gasteiger partial charge in [0.15, 0.2) is 5.54 Å². The first-order valence-electron chi connectivity index (χ1n) is 9.40. The van der Waals surface area contributed by atoms with E-state index in [1.54, 1.807) is 37.4 Å². The van der Waals surface area contributed by atoms with Gasteiger partial charge in [0, 0.05) is 22.8 Å². The van der Waals surface area contributed by atoms with Crippen molar-refractivity contribution in [3.05, 3.63) is 94.5 Å². The van der Waals surface area contributed by atoms with E-state index in [1.807, 2.05) is 29.2 Å². The van der Waals surface area contributed by atoms with Crippen molar-refractivity contribution in [2.45, 2.75) is 18.3 Å². The molecule has 0 aromatic heterocycles. The molecule has 0 saturated carbocycles. The van der Waals surface area contributed by atoms with Crippen LogP contribution in [0.1, 0.15) is 16.7 Å². The molecule has 3 aromatic carbocycles. The molecular formula is C23H20ClF3N2O. The molecule has 0 fully saturated rings. The van der Waals surface area contributed by atoms with Crippen molar-refractivity contribution in [2.24, 2.45) is 0 Å². The lowest BCUT2D eigenvalue weighted by Crippen LogP contribution is -2.61. The van der Waals surface area contributed by atoms with Crippen LogP contribution in [0.2, 0.25) is 5.02 Å². The molecule has 30 heavy (non-hydrogen) atoms. The van der Waals surface area contributed by atoms with Gasteiger partial charge in [-0.1, -0.05) is 54.1 Å². The molecule has 0 aliphatic carbocycles. The van der Waals surface area contributed by atoms with Gasteiger partial charge < -0.3 is 9.64 Å². The van der Waals surface area contributed by atoms with Crippen LogP contribution in [-0.4, -0.2) is 20.0 Å². The topological polar surface area (TPSA) is 24.5 Å². The first-order chi connectivity index (χ1) is 14.3. The summed E-state index contributed by atoms with van der Waals surface area (Å²) in [5.74, 6) is 0.725. The largest absolute Gasteiger partial charge is 0.497 e. The van der Waals surface area contributed by atoms with Gasteiger partial charge >= 0.3 is 6.18 Å². The summed E-state index contributed by atoms with van der Waals surface area (Å²) in [6.07, 6.45) is -4.57. The Morgan fingerprint density at radius 3 is 2.37 bits per heavy atom. The Hall–Kier alpha value is -2.70. The van der Waals surface area contributed by atoms with Gasteiger partial charge in [0.1, 0.15) is 5.75 Å². The van der Waals surface area contributed by atoms with E-state index in [9.17, 15) is 13.2 Å². The summed E-state index contributed by atoms with van der Waals surface area (Å²) in [7, 11) is 1.59. The molecule has 1 heterocycles. The SMILES string of the molecule is COc1ccc(CN2CN[C@@](c3ccccc3)(C(F)(F)F)c3cc(Cl)ccc32)cc1. The molecule has 0 spiro atoms. The number of methoxy groups -OCH3 is 1. The van der Waals surface area contributed by atoms with Gasteiger partial charge in [-0.05, 0) is 41.5 Å². The number of nitrogens with one attached hydrogen (secondary N) is 1. The van der Waals surface area contributed by atoms with Gasteiger partial charge in [0.2, 0.25) is 0 Å². The summed E-state index contributed by atoms with van der Waals surface area (Å²) in [5.41, 5.74) is -0.670. The van der Waals surface area contributed by atoms with Crippen LogP contribution in [0.15, 0.2) is 72.8 Å². The van der Waals surface area contributed by atoms with Crippen LogP contribution in [-0.2, 0) is 12.1 Å². The number of rotatable bonds is 4. The van der Waals surface area contributed by atoms with Gasteiger partial charge in [0.25, 0.3) is 0 Å². The standard InChI is InChI=1S/C23H20ClF3N2O/c1-30-19-10-7-16(8-11-19)14-29-15-28-22(23(25,26)27,17-5-3-2-4-6-17)20-13-18(24)9-12-21(20)29/h2-13,28H,14-15H2,1H3/t22-/m1/s1. The highest BCUT2D eigenvalue weighted by atomic mass is 35.5. The van der Waals surface area contributed by atoms with Crippen LogP contribution >= 0.6 is 11.6 Å². The van der Waals surface area contributed by atoms with Crippen molar-refractivity contribution in [1.29, 1.82) is 0 Å². The first-order valence-corrected chi connectivity index (χ1v) is 9.78. The fourth-order valence-electron chi connectivity index (χ4n) is 3.93. The van der Waals surface area contributed by atoms with Gasteiger partial charge in [0.05, 0.1) is 13.8 Å². The van der Waals surface area contributed by atoms with Crippen molar-refractivity contribution < 1.29 is 17.9 Å². The Balaban J connectivity index is 1.81. The summed E-state index contributed by atoms with van der Waals surface area (Å²) < 4.78 is 49.0. The third-order valence-electron chi connectivity index (χ3n) is 5.40. The second kappa shape index (κ2) is 7.85. The van der Waals surface area contributed by atoms with Gasteiger partial charge in [-0.3, -0.25) is 5.32 Å². The van der Waals surface area contributed by atoms with Gasteiger partial charge in [-0.2, -0.15) is 13.2 Å².